The number of rotatable bonds is 6. The van der Waals surface area contributed by atoms with Gasteiger partial charge in [-0.3, -0.25) is 14.5 Å². The molecule has 0 saturated carbocycles. The third-order valence-electron chi connectivity index (χ3n) is 6.54. The highest BCUT2D eigenvalue weighted by atomic mass is 32.2. The summed E-state index contributed by atoms with van der Waals surface area (Å²) in [6.07, 6.45) is 2.01. The van der Waals surface area contributed by atoms with E-state index in [0.717, 1.165) is 32.3 Å². The number of carbonyl (C=O) groups is 3. The summed E-state index contributed by atoms with van der Waals surface area (Å²) in [5, 5.41) is 3.55. The van der Waals surface area contributed by atoms with Crippen LogP contribution in [0.15, 0.2) is 70.0 Å². The molecule has 178 valence electrons. The SMILES string of the molecule is CSc1cccc(-n2c(C)cc(C(=O)CN3C(=O)NC(C)(c4cc5ccccc5o4)C3=O)c2C)c1. The number of fused-ring (bicyclic) bond motifs is 1. The Morgan fingerprint density at radius 2 is 1.83 bits per heavy atom. The molecule has 3 amide bonds. The van der Waals surface area contributed by atoms with Gasteiger partial charge < -0.3 is 14.3 Å². The highest BCUT2D eigenvalue weighted by molar-refractivity contribution is 7.98. The van der Waals surface area contributed by atoms with Crippen LogP contribution in [0.5, 0.6) is 0 Å². The first kappa shape index (κ1) is 23.0. The van der Waals surface area contributed by atoms with E-state index in [1.54, 1.807) is 36.9 Å². The lowest BCUT2D eigenvalue weighted by Crippen LogP contribution is -2.41. The van der Waals surface area contributed by atoms with Crippen molar-refractivity contribution < 1.29 is 18.8 Å². The maximum atomic E-state index is 13.4. The summed E-state index contributed by atoms with van der Waals surface area (Å²) in [7, 11) is 0. The van der Waals surface area contributed by atoms with Crippen LogP contribution in [0, 0.1) is 13.8 Å². The number of carbonyl (C=O) groups excluding carboxylic acids is 3. The summed E-state index contributed by atoms with van der Waals surface area (Å²) < 4.78 is 7.88. The van der Waals surface area contributed by atoms with E-state index in [0.29, 0.717) is 16.9 Å². The fourth-order valence-electron chi connectivity index (χ4n) is 4.66. The molecule has 5 rings (SSSR count). The van der Waals surface area contributed by atoms with Gasteiger partial charge in [0.2, 0.25) is 0 Å². The van der Waals surface area contributed by atoms with Gasteiger partial charge in [0.1, 0.15) is 11.3 Å². The fourth-order valence-corrected chi connectivity index (χ4v) is 5.11. The van der Waals surface area contributed by atoms with Crippen molar-refractivity contribution in [3.8, 4) is 5.69 Å². The lowest BCUT2D eigenvalue weighted by Gasteiger charge is -2.18. The molecule has 2 aromatic heterocycles. The number of benzene rings is 2. The van der Waals surface area contributed by atoms with Crippen molar-refractivity contribution >= 4 is 40.5 Å². The average Bonchev–Trinajstić information content (AvgIpc) is 3.48. The van der Waals surface area contributed by atoms with E-state index in [4.69, 9.17) is 4.42 Å². The molecular weight excluding hydrogens is 462 g/mol. The van der Waals surface area contributed by atoms with Crippen molar-refractivity contribution in [3.63, 3.8) is 0 Å². The molecule has 35 heavy (non-hydrogen) atoms. The monoisotopic (exact) mass is 487 g/mol. The number of nitrogens with one attached hydrogen (secondary N) is 1. The maximum Gasteiger partial charge on any atom is 0.325 e. The molecule has 0 radical (unpaired) electrons. The van der Waals surface area contributed by atoms with Gasteiger partial charge in [-0.25, -0.2) is 4.79 Å². The maximum absolute atomic E-state index is 13.4. The fraction of sp³-hybridized carbons (Fsp3) is 0.222. The van der Waals surface area contributed by atoms with Crippen molar-refractivity contribution in [2.24, 2.45) is 0 Å². The number of aryl methyl sites for hydroxylation is 1. The number of thioether (sulfide) groups is 1. The zero-order chi connectivity index (χ0) is 24.9. The quantitative estimate of drug-likeness (QED) is 0.229. The summed E-state index contributed by atoms with van der Waals surface area (Å²) in [6, 6.07) is 18.4. The first-order valence-corrected chi connectivity index (χ1v) is 12.4. The van der Waals surface area contributed by atoms with Crippen LogP contribution in [0.25, 0.3) is 16.7 Å². The molecule has 1 aliphatic rings. The second kappa shape index (κ2) is 8.46. The van der Waals surface area contributed by atoms with Gasteiger partial charge in [-0.05, 0) is 63.4 Å². The Morgan fingerprint density at radius 1 is 1.06 bits per heavy atom. The topological polar surface area (TPSA) is 84.6 Å². The summed E-state index contributed by atoms with van der Waals surface area (Å²) >= 11 is 1.65. The van der Waals surface area contributed by atoms with Gasteiger partial charge >= 0.3 is 6.03 Å². The predicted octanol–water partition coefficient (Wildman–Crippen LogP) is 5.21. The summed E-state index contributed by atoms with van der Waals surface area (Å²) in [4.78, 5) is 41.5. The number of amides is 3. The Morgan fingerprint density at radius 3 is 2.57 bits per heavy atom. The van der Waals surface area contributed by atoms with Crippen molar-refractivity contribution in [3.05, 3.63) is 83.4 Å². The lowest BCUT2D eigenvalue weighted by atomic mass is 9.98. The molecular formula is C27H25N3O4S. The number of urea groups is 1. The van der Waals surface area contributed by atoms with Gasteiger partial charge in [0.05, 0.1) is 6.54 Å². The summed E-state index contributed by atoms with van der Waals surface area (Å²) in [6.45, 7) is 5.05. The van der Waals surface area contributed by atoms with E-state index < -0.39 is 17.5 Å². The lowest BCUT2D eigenvalue weighted by molar-refractivity contribution is -0.131. The zero-order valence-corrected chi connectivity index (χ0v) is 20.7. The Balaban J connectivity index is 1.42. The van der Waals surface area contributed by atoms with Gasteiger partial charge in [-0.2, -0.15) is 0 Å². The van der Waals surface area contributed by atoms with E-state index in [1.165, 1.54) is 0 Å². The Hall–Kier alpha value is -3.78. The number of aromatic nitrogens is 1. The van der Waals surface area contributed by atoms with E-state index in [9.17, 15) is 14.4 Å². The molecule has 1 aliphatic heterocycles. The van der Waals surface area contributed by atoms with E-state index in [2.05, 4.69) is 11.4 Å². The number of hydrogen-bond acceptors (Lipinski definition) is 5. The third-order valence-corrected chi connectivity index (χ3v) is 7.26. The highest BCUT2D eigenvalue weighted by Crippen LogP contribution is 2.33. The number of ketones is 1. The van der Waals surface area contributed by atoms with Crippen LogP contribution in [-0.4, -0.2) is 40.0 Å². The van der Waals surface area contributed by atoms with Crippen molar-refractivity contribution in [1.29, 1.82) is 0 Å². The first-order chi connectivity index (χ1) is 16.7. The van der Waals surface area contributed by atoms with Crippen molar-refractivity contribution in [2.45, 2.75) is 31.2 Å². The molecule has 0 spiro atoms. The third kappa shape index (κ3) is 3.74. The molecule has 3 heterocycles. The molecule has 1 fully saturated rings. The number of furan rings is 1. The minimum Gasteiger partial charge on any atom is -0.458 e. The molecule has 2 aromatic carbocycles. The van der Waals surface area contributed by atoms with Crippen LogP contribution in [0.2, 0.25) is 0 Å². The van der Waals surface area contributed by atoms with E-state index in [1.807, 2.05) is 61.1 Å². The second-order valence-electron chi connectivity index (χ2n) is 8.84. The van der Waals surface area contributed by atoms with Crippen LogP contribution in [0.4, 0.5) is 4.79 Å². The van der Waals surface area contributed by atoms with Gasteiger partial charge in [-0.1, -0.05) is 24.3 Å². The standard InChI is InChI=1S/C27H25N3O4S/c1-16-12-21(17(2)30(16)19-9-7-10-20(14-19)35-4)22(31)15-29-25(32)27(3,28-26(29)33)24-13-18-8-5-6-11-23(18)34-24/h5-14H,15H2,1-4H3,(H,28,33). The van der Waals surface area contributed by atoms with Crippen LogP contribution in [0.1, 0.15) is 34.4 Å². The normalized spacial score (nSPS) is 17.9. The molecule has 4 aromatic rings. The molecule has 1 saturated heterocycles. The number of nitrogens with zero attached hydrogens (tertiary/aromatic N) is 2. The molecule has 0 aliphatic carbocycles. The summed E-state index contributed by atoms with van der Waals surface area (Å²) in [5.41, 5.74) is 2.34. The minimum absolute atomic E-state index is 0.303. The van der Waals surface area contributed by atoms with Gasteiger partial charge in [-0.15, -0.1) is 11.8 Å². The Kier molecular flexibility index (Phi) is 5.56. The largest absolute Gasteiger partial charge is 0.458 e. The van der Waals surface area contributed by atoms with Gasteiger partial charge in [0.25, 0.3) is 5.91 Å². The predicted molar refractivity (Wildman–Crippen MR) is 135 cm³/mol. The van der Waals surface area contributed by atoms with E-state index in [-0.39, 0.29) is 12.3 Å². The smallest absolute Gasteiger partial charge is 0.325 e. The van der Waals surface area contributed by atoms with E-state index >= 15 is 0 Å². The molecule has 8 heteroatoms. The highest BCUT2D eigenvalue weighted by Gasteiger charge is 2.51. The molecule has 7 nitrogen and oxygen atoms in total. The van der Waals surface area contributed by atoms with Crippen molar-refractivity contribution in [2.75, 3.05) is 12.8 Å². The first-order valence-electron chi connectivity index (χ1n) is 11.2. The van der Waals surface area contributed by atoms with Crippen LogP contribution in [0.3, 0.4) is 0 Å². The van der Waals surface area contributed by atoms with Gasteiger partial charge in [0, 0.05) is 32.9 Å². The van der Waals surface area contributed by atoms with Crippen molar-refractivity contribution in [1.82, 2.24) is 14.8 Å². The minimum atomic E-state index is -1.38. The number of hydrogen-bond donors (Lipinski definition) is 1. The second-order valence-corrected chi connectivity index (χ2v) is 9.72. The molecule has 1 unspecified atom stereocenters. The number of Topliss-reactive ketones (excluding diaryl/α,β-unsaturated/α-hetero) is 1. The Bertz CT molecular complexity index is 1470. The summed E-state index contributed by atoms with van der Waals surface area (Å²) in [5.74, 6) is -0.488. The average molecular weight is 488 g/mol. The molecule has 0 bridgehead atoms. The number of para-hydroxylation sites is 1. The zero-order valence-electron chi connectivity index (χ0n) is 19.9. The van der Waals surface area contributed by atoms with Crippen LogP contribution < -0.4 is 5.32 Å². The number of imide groups is 1. The Labute approximate surface area is 207 Å². The van der Waals surface area contributed by atoms with Crippen LogP contribution in [-0.2, 0) is 10.3 Å². The van der Waals surface area contributed by atoms with Gasteiger partial charge in [0.15, 0.2) is 11.3 Å². The molecule has 1 atom stereocenters. The molecule has 1 N–H and O–H groups in total. The van der Waals surface area contributed by atoms with Crippen LogP contribution >= 0.6 is 11.8 Å².